The molecule has 4 nitrogen and oxygen atoms in total. The highest BCUT2D eigenvalue weighted by atomic mass is 35.5. The number of benzene rings is 2. The van der Waals surface area contributed by atoms with E-state index in [1.54, 1.807) is 6.07 Å². The van der Waals surface area contributed by atoms with Crippen molar-refractivity contribution in [1.29, 1.82) is 0 Å². The maximum atomic E-state index is 13.4. The van der Waals surface area contributed by atoms with Crippen LogP contribution in [0.4, 0.5) is 15.9 Å². The Morgan fingerprint density at radius 2 is 1.92 bits per heavy atom. The number of halogens is 3. The van der Waals surface area contributed by atoms with E-state index >= 15 is 0 Å². The molecule has 1 N–H and O–H groups in total. The van der Waals surface area contributed by atoms with Gasteiger partial charge in [0.25, 0.3) is 0 Å². The van der Waals surface area contributed by atoms with Gasteiger partial charge in [0.15, 0.2) is 5.82 Å². The van der Waals surface area contributed by atoms with Gasteiger partial charge in [-0.25, -0.2) is 4.39 Å². The first-order valence-electron chi connectivity index (χ1n) is 8.68. The second-order valence-corrected chi connectivity index (χ2v) is 7.92. The predicted molar refractivity (Wildman–Crippen MR) is 104 cm³/mol. The smallest absolute Gasteiger partial charge is 0.160 e. The number of hydrogen-bond acceptors (Lipinski definition) is 3. The average Bonchev–Trinajstić information content (AvgIpc) is 3.23. The first kappa shape index (κ1) is 16.2. The summed E-state index contributed by atoms with van der Waals surface area (Å²) in [5, 5.41) is 9.82. The molecule has 0 unspecified atom stereocenters. The molecule has 0 atom stereocenters. The van der Waals surface area contributed by atoms with Crippen molar-refractivity contribution in [2.75, 3.05) is 29.4 Å². The van der Waals surface area contributed by atoms with E-state index < -0.39 is 0 Å². The number of aromatic amines is 1. The summed E-state index contributed by atoms with van der Waals surface area (Å²) in [6.07, 6.45) is 2.20. The Morgan fingerprint density at radius 1 is 1.08 bits per heavy atom. The van der Waals surface area contributed by atoms with Crippen molar-refractivity contribution >= 4 is 45.6 Å². The van der Waals surface area contributed by atoms with Gasteiger partial charge in [-0.2, -0.15) is 5.10 Å². The lowest BCUT2D eigenvalue weighted by Gasteiger charge is -2.43. The van der Waals surface area contributed by atoms with E-state index in [2.05, 4.69) is 20.0 Å². The Balaban J connectivity index is 1.49. The van der Waals surface area contributed by atoms with Gasteiger partial charge < -0.3 is 9.80 Å². The van der Waals surface area contributed by atoms with Crippen LogP contribution in [-0.2, 0) is 0 Å². The zero-order valence-electron chi connectivity index (χ0n) is 14.0. The maximum absolute atomic E-state index is 13.4. The zero-order chi connectivity index (χ0) is 17.9. The molecule has 1 aromatic heterocycles. The van der Waals surface area contributed by atoms with Gasteiger partial charge in [0.1, 0.15) is 5.82 Å². The van der Waals surface area contributed by atoms with Gasteiger partial charge in [-0.1, -0.05) is 29.3 Å². The molecule has 0 bridgehead atoms. The van der Waals surface area contributed by atoms with Crippen LogP contribution in [-0.4, -0.2) is 35.4 Å². The quantitative estimate of drug-likeness (QED) is 0.677. The summed E-state index contributed by atoms with van der Waals surface area (Å²) >= 11 is 12.7. The van der Waals surface area contributed by atoms with Crippen molar-refractivity contribution < 1.29 is 4.39 Å². The highest BCUT2D eigenvalue weighted by Crippen LogP contribution is 2.49. The number of rotatable bonds is 2. The molecule has 26 heavy (non-hydrogen) atoms. The third kappa shape index (κ3) is 2.45. The molecular formula is C19H17Cl2FN4. The Hall–Kier alpha value is -1.98. The fourth-order valence-electron chi connectivity index (χ4n) is 4.03. The van der Waals surface area contributed by atoms with Crippen molar-refractivity contribution in [3.8, 4) is 0 Å². The fraction of sp³-hybridized carbons (Fsp3) is 0.316. The van der Waals surface area contributed by atoms with Crippen LogP contribution in [0.5, 0.6) is 0 Å². The normalized spacial score (nSPS) is 18.7. The summed E-state index contributed by atoms with van der Waals surface area (Å²) in [4.78, 5) is 4.63. The molecule has 5 rings (SSSR count). The van der Waals surface area contributed by atoms with Crippen LogP contribution in [0.15, 0.2) is 36.4 Å². The molecule has 2 aromatic carbocycles. The summed E-state index contributed by atoms with van der Waals surface area (Å²) < 4.78 is 13.4. The number of nitrogens with one attached hydrogen (secondary N) is 1. The molecule has 3 aromatic rings. The molecule has 2 heterocycles. The Kier molecular flexibility index (Phi) is 3.59. The lowest BCUT2D eigenvalue weighted by atomic mass is 10.1. The second-order valence-electron chi connectivity index (χ2n) is 7.10. The highest BCUT2D eigenvalue weighted by molar-refractivity contribution is 6.36. The third-order valence-electron chi connectivity index (χ3n) is 5.50. The van der Waals surface area contributed by atoms with Crippen molar-refractivity contribution in [2.45, 2.75) is 18.4 Å². The van der Waals surface area contributed by atoms with Crippen LogP contribution in [0, 0.1) is 5.82 Å². The minimum absolute atomic E-state index is 0.0389. The number of nitrogens with zero attached hydrogens (tertiary/aromatic N) is 3. The Labute approximate surface area is 160 Å². The lowest BCUT2D eigenvalue weighted by molar-refractivity contribution is 0.505. The summed E-state index contributed by atoms with van der Waals surface area (Å²) in [5.41, 5.74) is 1.88. The minimum atomic E-state index is -0.309. The van der Waals surface area contributed by atoms with Gasteiger partial charge in [-0.15, -0.1) is 0 Å². The van der Waals surface area contributed by atoms with Gasteiger partial charge in [0.2, 0.25) is 0 Å². The van der Waals surface area contributed by atoms with Gasteiger partial charge >= 0.3 is 0 Å². The van der Waals surface area contributed by atoms with Gasteiger partial charge in [-0.3, -0.25) is 5.10 Å². The second kappa shape index (κ2) is 5.76. The van der Waals surface area contributed by atoms with E-state index in [1.165, 1.54) is 12.1 Å². The molecule has 2 aliphatic rings. The van der Waals surface area contributed by atoms with Gasteiger partial charge in [0, 0.05) is 19.6 Å². The van der Waals surface area contributed by atoms with Crippen LogP contribution >= 0.6 is 23.2 Å². The van der Waals surface area contributed by atoms with E-state index in [9.17, 15) is 4.39 Å². The van der Waals surface area contributed by atoms with Crippen molar-refractivity contribution in [1.82, 2.24) is 10.2 Å². The lowest BCUT2D eigenvalue weighted by Crippen LogP contribution is -2.55. The molecule has 1 saturated carbocycles. The average molecular weight is 391 g/mol. The largest absolute Gasteiger partial charge is 0.366 e. The predicted octanol–water partition coefficient (Wildman–Crippen LogP) is 4.87. The Morgan fingerprint density at radius 3 is 2.69 bits per heavy atom. The molecule has 1 spiro atoms. The molecular weight excluding hydrogens is 374 g/mol. The first-order valence-corrected chi connectivity index (χ1v) is 9.43. The number of fused-ring (bicyclic) bond motifs is 1. The Bertz CT molecular complexity index is 998. The minimum Gasteiger partial charge on any atom is -0.366 e. The van der Waals surface area contributed by atoms with Crippen LogP contribution in [0.25, 0.3) is 10.9 Å². The SMILES string of the molecule is Fc1ccc(N2CCN(c3n[nH]c4cccc(Cl)c34)C3(CC3)C2)c(Cl)c1. The van der Waals surface area contributed by atoms with E-state index in [4.69, 9.17) is 23.2 Å². The van der Waals surface area contributed by atoms with Crippen molar-refractivity contribution in [2.24, 2.45) is 0 Å². The number of aromatic nitrogens is 2. The molecule has 7 heteroatoms. The summed E-state index contributed by atoms with van der Waals surface area (Å²) in [6.45, 7) is 2.46. The molecule has 2 fully saturated rings. The van der Waals surface area contributed by atoms with Crippen LogP contribution in [0.1, 0.15) is 12.8 Å². The standard InChI is InChI=1S/C19H17Cl2FN4/c20-13-2-1-3-15-17(13)18(24-23-15)26-9-8-25(11-19(26)6-7-19)16-5-4-12(22)10-14(16)21/h1-5,10H,6-9,11H2,(H,23,24). The summed E-state index contributed by atoms with van der Waals surface area (Å²) in [7, 11) is 0. The molecule has 1 aliphatic heterocycles. The van der Waals surface area contributed by atoms with E-state index in [0.29, 0.717) is 10.0 Å². The topological polar surface area (TPSA) is 35.2 Å². The monoisotopic (exact) mass is 390 g/mol. The van der Waals surface area contributed by atoms with E-state index in [-0.39, 0.29) is 11.4 Å². The maximum Gasteiger partial charge on any atom is 0.160 e. The highest BCUT2D eigenvalue weighted by Gasteiger charge is 2.52. The van der Waals surface area contributed by atoms with Crippen LogP contribution in [0.3, 0.4) is 0 Å². The van der Waals surface area contributed by atoms with E-state index in [0.717, 1.165) is 54.9 Å². The van der Waals surface area contributed by atoms with Crippen molar-refractivity contribution in [3.05, 3.63) is 52.3 Å². The summed E-state index contributed by atoms with van der Waals surface area (Å²) in [6, 6.07) is 10.4. The number of piperazine rings is 1. The van der Waals surface area contributed by atoms with Crippen molar-refractivity contribution in [3.63, 3.8) is 0 Å². The fourth-order valence-corrected chi connectivity index (χ4v) is 4.58. The first-order chi connectivity index (χ1) is 12.6. The zero-order valence-corrected chi connectivity index (χ0v) is 15.5. The molecule has 1 saturated heterocycles. The number of H-pyrrole nitrogens is 1. The van der Waals surface area contributed by atoms with Gasteiger partial charge in [-0.05, 0) is 43.2 Å². The van der Waals surface area contributed by atoms with Crippen LogP contribution < -0.4 is 9.80 Å². The van der Waals surface area contributed by atoms with Gasteiger partial charge in [0.05, 0.1) is 32.2 Å². The molecule has 1 aliphatic carbocycles. The molecule has 134 valence electrons. The number of anilines is 2. The third-order valence-corrected chi connectivity index (χ3v) is 6.12. The van der Waals surface area contributed by atoms with Crippen LogP contribution in [0.2, 0.25) is 10.0 Å². The summed E-state index contributed by atoms with van der Waals surface area (Å²) in [5.74, 6) is 0.615. The molecule has 0 amide bonds. The van der Waals surface area contributed by atoms with E-state index in [1.807, 2.05) is 18.2 Å². The number of hydrogen-bond donors (Lipinski definition) is 1. The molecule has 0 radical (unpaired) electrons.